The number of nitrogens with zero attached hydrogens (tertiary/aromatic N) is 1. The largest absolute Gasteiger partial charge is 0.313 e. The zero-order chi connectivity index (χ0) is 13.9. The fourth-order valence-electron chi connectivity index (χ4n) is 2.39. The van der Waals surface area contributed by atoms with Gasteiger partial charge in [0.15, 0.2) is 0 Å². The molecule has 0 bridgehead atoms. The van der Waals surface area contributed by atoms with E-state index in [1.165, 1.54) is 11.3 Å². The van der Waals surface area contributed by atoms with Gasteiger partial charge >= 0.3 is 0 Å². The van der Waals surface area contributed by atoms with Gasteiger partial charge in [0.25, 0.3) is 10.0 Å². The van der Waals surface area contributed by atoms with Crippen LogP contribution in [-0.4, -0.2) is 31.9 Å². The van der Waals surface area contributed by atoms with Gasteiger partial charge in [0.2, 0.25) is 0 Å². The third kappa shape index (κ3) is 3.37. The SMILES string of the molecule is CCNCc1csc(S(=O)(=O)N2CCCCC2C)c1. The topological polar surface area (TPSA) is 49.4 Å². The molecule has 1 aliphatic rings. The lowest BCUT2D eigenvalue weighted by molar-refractivity contribution is 0.269. The van der Waals surface area contributed by atoms with Crippen LogP contribution >= 0.6 is 11.3 Å². The average molecular weight is 302 g/mol. The Bertz CT molecular complexity index is 510. The Morgan fingerprint density at radius 3 is 2.95 bits per heavy atom. The molecule has 1 aromatic heterocycles. The highest BCUT2D eigenvalue weighted by molar-refractivity contribution is 7.91. The second kappa shape index (κ2) is 6.35. The van der Waals surface area contributed by atoms with E-state index >= 15 is 0 Å². The van der Waals surface area contributed by atoms with E-state index in [9.17, 15) is 8.42 Å². The fourth-order valence-corrected chi connectivity index (χ4v) is 5.43. The molecule has 2 heterocycles. The van der Waals surface area contributed by atoms with Crippen molar-refractivity contribution in [1.29, 1.82) is 0 Å². The lowest BCUT2D eigenvalue weighted by Crippen LogP contribution is -2.41. The average Bonchev–Trinajstić information content (AvgIpc) is 2.86. The number of rotatable bonds is 5. The summed E-state index contributed by atoms with van der Waals surface area (Å²) in [6.45, 7) is 6.33. The second-order valence-electron chi connectivity index (χ2n) is 5.01. The van der Waals surface area contributed by atoms with Crippen LogP contribution in [0.4, 0.5) is 0 Å². The van der Waals surface area contributed by atoms with Crippen molar-refractivity contribution in [2.45, 2.75) is 49.9 Å². The van der Waals surface area contributed by atoms with Crippen molar-refractivity contribution in [3.05, 3.63) is 17.0 Å². The van der Waals surface area contributed by atoms with E-state index in [4.69, 9.17) is 0 Å². The predicted octanol–water partition coefficient (Wildman–Crippen LogP) is 2.42. The van der Waals surface area contributed by atoms with E-state index in [0.717, 1.165) is 37.9 Å². The van der Waals surface area contributed by atoms with Crippen LogP contribution in [0.5, 0.6) is 0 Å². The van der Waals surface area contributed by atoms with E-state index in [0.29, 0.717) is 10.8 Å². The molecule has 0 radical (unpaired) electrons. The summed E-state index contributed by atoms with van der Waals surface area (Å²) < 4.78 is 27.3. The number of hydrogen-bond acceptors (Lipinski definition) is 4. The van der Waals surface area contributed by atoms with Crippen molar-refractivity contribution in [3.63, 3.8) is 0 Å². The lowest BCUT2D eigenvalue weighted by atomic mass is 10.1. The monoisotopic (exact) mass is 302 g/mol. The summed E-state index contributed by atoms with van der Waals surface area (Å²) in [6.07, 6.45) is 3.07. The number of hydrogen-bond donors (Lipinski definition) is 1. The minimum Gasteiger partial charge on any atom is -0.313 e. The molecule has 1 saturated heterocycles. The van der Waals surface area contributed by atoms with Gasteiger partial charge in [-0.25, -0.2) is 8.42 Å². The standard InChI is InChI=1S/C13H22N2O2S2/c1-3-14-9-12-8-13(18-10-12)19(16,17)15-7-5-4-6-11(15)2/h8,10-11,14H,3-7,9H2,1-2H3. The van der Waals surface area contributed by atoms with Gasteiger partial charge in [0.1, 0.15) is 4.21 Å². The Kier molecular flexibility index (Phi) is 5.00. The molecule has 0 spiro atoms. The van der Waals surface area contributed by atoms with E-state index in [1.54, 1.807) is 4.31 Å². The van der Waals surface area contributed by atoms with Crippen LogP contribution in [0.2, 0.25) is 0 Å². The van der Waals surface area contributed by atoms with Crippen molar-refractivity contribution in [2.75, 3.05) is 13.1 Å². The predicted molar refractivity (Wildman–Crippen MR) is 78.9 cm³/mol. The maximum Gasteiger partial charge on any atom is 0.252 e. The van der Waals surface area contributed by atoms with Gasteiger partial charge < -0.3 is 5.32 Å². The van der Waals surface area contributed by atoms with Crippen molar-refractivity contribution >= 4 is 21.4 Å². The maximum absolute atomic E-state index is 12.6. The van der Waals surface area contributed by atoms with Crippen LogP contribution in [0.25, 0.3) is 0 Å². The van der Waals surface area contributed by atoms with E-state index in [-0.39, 0.29) is 6.04 Å². The summed E-state index contributed by atoms with van der Waals surface area (Å²) in [6, 6.07) is 1.93. The van der Waals surface area contributed by atoms with Crippen LogP contribution in [0.1, 0.15) is 38.7 Å². The number of nitrogens with one attached hydrogen (secondary N) is 1. The van der Waals surface area contributed by atoms with Crippen LogP contribution in [-0.2, 0) is 16.6 Å². The molecular formula is C13H22N2O2S2. The van der Waals surface area contributed by atoms with Crippen molar-refractivity contribution in [3.8, 4) is 0 Å². The number of piperidine rings is 1. The molecule has 0 aromatic carbocycles. The fraction of sp³-hybridized carbons (Fsp3) is 0.692. The molecule has 4 nitrogen and oxygen atoms in total. The first-order valence-corrected chi connectivity index (χ1v) is 9.17. The molecule has 19 heavy (non-hydrogen) atoms. The Balaban J connectivity index is 2.16. The van der Waals surface area contributed by atoms with Crippen molar-refractivity contribution < 1.29 is 8.42 Å². The lowest BCUT2D eigenvalue weighted by Gasteiger charge is -2.31. The summed E-state index contributed by atoms with van der Waals surface area (Å²) in [5, 5.41) is 5.15. The molecular weight excluding hydrogens is 280 g/mol. The quantitative estimate of drug-likeness (QED) is 0.909. The van der Waals surface area contributed by atoms with Gasteiger partial charge in [-0.1, -0.05) is 13.3 Å². The Hall–Kier alpha value is -0.430. The summed E-state index contributed by atoms with van der Waals surface area (Å²) in [7, 11) is -3.29. The maximum atomic E-state index is 12.6. The second-order valence-corrected chi connectivity index (χ2v) is 8.04. The van der Waals surface area contributed by atoms with Crippen LogP contribution in [0, 0.1) is 0 Å². The molecule has 0 amide bonds. The smallest absolute Gasteiger partial charge is 0.252 e. The zero-order valence-electron chi connectivity index (χ0n) is 11.6. The molecule has 108 valence electrons. The van der Waals surface area contributed by atoms with Crippen LogP contribution in [0.15, 0.2) is 15.7 Å². The van der Waals surface area contributed by atoms with E-state index in [1.807, 2.05) is 25.3 Å². The van der Waals surface area contributed by atoms with Crippen LogP contribution in [0.3, 0.4) is 0 Å². The summed E-state index contributed by atoms with van der Waals surface area (Å²) in [5.74, 6) is 0. The first kappa shape index (κ1) is 15.0. The summed E-state index contributed by atoms with van der Waals surface area (Å²) in [5.41, 5.74) is 1.05. The third-order valence-electron chi connectivity index (χ3n) is 3.51. The summed E-state index contributed by atoms with van der Waals surface area (Å²) in [4.78, 5) is 0. The molecule has 1 aliphatic heterocycles. The van der Waals surface area contributed by atoms with Crippen molar-refractivity contribution in [1.82, 2.24) is 9.62 Å². The molecule has 1 atom stereocenters. The molecule has 6 heteroatoms. The molecule has 2 rings (SSSR count). The first-order valence-electron chi connectivity index (χ1n) is 6.85. The molecule has 0 aliphatic carbocycles. The highest BCUT2D eigenvalue weighted by atomic mass is 32.2. The molecule has 1 aromatic rings. The van der Waals surface area contributed by atoms with E-state index in [2.05, 4.69) is 5.32 Å². The van der Waals surface area contributed by atoms with Gasteiger partial charge in [-0.2, -0.15) is 4.31 Å². The third-order valence-corrected chi connectivity index (χ3v) is 6.99. The normalized spacial score (nSPS) is 21.7. The van der Waals surface area contributed by atoms with Gasteiger partial charge in [-0.05, 0) is 43.3 Å². The molecule has 1 unspecified atom stereocenters. The highest BCUT2D eigenvalue weighted by Gasteiger charge is 2.31. The summed E-state index contributed by atoms with van der Waals surface area (Å²) >= 11 is 1.33. The Labute approximate surface area is 119 Å². The van der Waals surface area contributed by atoms with Gasteiger partial charge in [0, 0.05) is 19.1 Å². The van der Waals surface area contributed by atoms with Gasteiger partial charge in [-0.3, -0.25) is 0 Å². The zero-order valence-corrected chi connectivity index (χ0v) is 13.2. The minimum atomic E-state index is -3.29. The van der Waals surface area contributed by atoms with Gasteiger partial charge in [-0.15, -0.1) is 11.3 Å². The Morgan fingerprint density at radius 1 is 1.47 bits per heavy atom. The minimum absolute atomic E-state index is 0.123. The number of sulfonamides is 1. The highest BCUT2D eigenvalue weighted by Crippen LogP contribution is 2.28. The first-order chi connectivity index (χ1) is 9.05. The molecule has 1 fully saturated rings. The molecule has 1 N–H and O–H groups in total. The van der Waals surface area contributed by atoms with Crippen LogP contribution < -0.4 is 5.32 Å². The van der Waals surface area contributed by atoms with Crippen molar-refractivity contribution in [2.24, 2.45) is 0 Å². The Morgan fingerprint density at radius 2 is 2.26 bits per heavy atom. The van der Waals surface area contributed by atoms with E-state index < -0.39 is 10.0 Å². The van der Waals surface area contributed by atoms with Gasteiger partial charge in [0.05, 0.1) is 0 Å². The number of thiophene rings is 1. The molecule has 0 saturated carbocycles.